The van der Waals surface area contributed by atoms with E-state index in [1.165, 1.54) is 17.4 Å². The van der Waals surface area contributed by atoms with Crippen LogP contribution in [-0.4, -0.2) is 56.6 Å². The van der Waals surface area contributed by atoms with Crippen molar-refractivity contribution in [2.75, 3.05) is 25.1 Å². The molecule has 0 fully saturated rings. The minimum absolute atomic E-state index is 0.113. The third kappa shape index (κ3) is 6.16. The number of tetrazole rings is 1. The number of rotatable bonds is 10. The fraction of sp³-hybridized carbons (Fsp3) is 0.444. The van der Waals surface area contributed by atoms with Crippen molar-refractivity contribution < 1.29 is 27.8 Å². The molecule has 178 valence electrons. The number of carbonyl (C=O) groups is 1. The number of halogens is 4. The van der Waals surface area contributed by atoms with E-state index < -0.39 is 23.8 Å². The Balaban J connectivity index is 1.55. The van der Waals surface area contributed by atoms with Gasteiger partial charge in [-0.15, -0.1) is 20.4 Å². The second-order valence-corrected chi connectivity index (χ2v) is 8.64. The van der Waals surface area contributed by atoms with E-state index >= 15 is 0 Å². The number of alkyl halides is 3. The normalized spacial score (nSPS) is 12.5. The predicted molar refractivity (Wildman–Crippen MR) is 114 cm³/mol. The molecule has 0 saturated carbocycles. The molecule has 0 radical (unpaired) electrons. The Morgan fingerprint density at radius 1 is 1.33 bits per heavy atom. The Morgan fingerprint density at radius 2 is 2.09 bits per heavy atom. The molecule has 1 unspecified atom stereocenters. The second-order valence-electron chi connectivity index (χ2n) is 6.83. The molecule has 0 N–H and O–H groups in total. The first kappa shape index (κ1) is 24.8. The summed E-state index contributed by atoms with van der Waals surface area (Å²) in [6, 6.07) is 2.20. The van der Waals surface area contributed by atoms with Crippen LogP contribution in [-0.2, 0) is 11.0 Å². The first-order valence-corrected chi connectivity index (χ1v) is 11.3. The third-order valence-corrected chi connectivity index (χ3v) is 6.14. The molecule has 0 bridgehead atoms. The van der Waals surface area contributed by atoms with Gasteiger partial charge in [-0.3, -0.25) is 0 Å². The largest absolute Gasteiger partial charge is 0.548 e. The summed E-state index contributed by atoms with van der Waals surface area (Å²) < 4.78 is 44.5. The van der Waals surface area contributed by atoms with Gasteiger partial charge < -0.3 is 19.5 Å². The van der Waals surface area contributed by atoms with Crippen molar-refractivity contribution in [1.82, 2.24) is 30.4 Å². The molecule has 10 nitrogen and oxygen atoms in total. The summed E-state index contributed by atoms with van der Waals surface area (Å²) in [6.45, 7) is 2.35. The van der Waals surface area contributed by atoms with Crippen molar-refractivity contribution in [2.45, 2.75) is 32.0 Å². The Kier molecular flexibility index (Phi) is 7.84. The summed E-state index contributed by atoms with van der Waals surface area (Å²) >= 11 is 4.37. The second kappa shape index (κ2) is 10.4. The molecule has 0 spiro atoms. The monoisotopic (exact) mass is 548 g/mol. The van der Waals surface area contributed by atoms with E-state index in [9.17, 15) is 23.1 Å². The summed E-state index contributed by atoms with van der Waals surface area (Å²) in [7, 11) is 1.78. The molecule has 3 aromatic rings. The van der Waals surface area contributed by atoms with Crippen molar-refractivity contribution in [1.29, 1.82) is 0 Å². The third-order valence-electron chi connectivity index (χ3n) is 4.45. The number of aromatic nitrogens is 6. The van der Waals surface area contributed by atoms with Crippen LogP contribution < -0.4 is 14.7 Å². The van der Waals surface area contributed by atoms with Gasteiger partial charge in [0.25, 0.3) is 0 Å². The molecule has 0 aliphatic heterocycles. The number of carboxylic acid groups (broad SMARTS) is 1. The Bertz CT molecular complexity index is 1110. The number of hydrogen-bond donors (Lipinski definition) is 0. The number of carboxylic acids is 1. The Morgan fingerprint density at radius 3 is 2.76 bits per heavy atom. The number of ether oxygens (including phenoxy) is 1. The maximum atomic E-state index is 12.9. The lowest BCUT2D eigenvalue weighted by Gasteiger charge is -2.16. The minimum Gasteiger partial charge on any atom is -0.548 e. The van der Waals surface area contributed by atoms with Crippen molar-refractivity contribution in [3.05, 3.63) is 28.2 Å². The van der Waals surface area contributed by atoms with Gasteiger partial charge in [0.05, 0.1) is 22.6 Å². The molecule has 0 aliphatic carbocycles. The average Bonchev–Trinajstić information content (AvgIpc) is 3.41. The highest BCUT2D eigenvalue weighted by molar-refractivity contribution is 9.10. The molecule has 1 aromatic carbocycles. The standard InChI is InChI=1S/C18H19BrF3N7O3S/c1-3-12(16(30)31)29-26-14(23-27-29)15-24-25-17(33-15)28(2)7-4-8-32-13-9-10(18(20,21)22)5-6-11(13)19/h5-6,9,12H,3-4,7-8H2,1-2H3,(H,30,31)/p-1. The van der Waals surface area contributed by atoms with Crippen molar-refractivity contribution >= 4 is 38.4 Å². The van der Waals surface area contributed by atoms with Gasteiger partial charge in [0, 0.05) is 13.6 Å². The number of hydrogen-bond acceptors (Lipinski definition) is 10. The van der Waals surface area contributed by atoms with E-state index in [1.807, 2.05) is 0 Å². The van der Waals surface area contributed by atoms with Gasteiger partial charge in [-0.1, -0.05) is 18.3 Å². The maximum absolute atomic E-state index is 12.9. The predicted octanol–water partition coefficient (Wildman–Crippen LogP) is 2.58. The SMILES string of the molecule is CCC(C(=O)[O-])n1nnc(-c2nnc(N(C)CCCOc3cc(C(F)(F)F)ccc3Br)s2)n1. The highest BCUT2D eigenvalue weighted by Gasteiger charge is 2.31. The molecule has 2 aromatic heterocycles. The van der Waals surface area contributed by atoms with Crippen LogP contribution >= 0.6 is 27.3 Å². The highest BCUT2D eigenvalue weighted by atomic mass is 79.9. The fourth-order valence-electron chi connectivity index (χ4n) is 2.70. The minimum atomic E-state index is -4.45. The zero-order valence-corrected chi connectivity index (χ0v) is 19.8. The van der Waals surface area contributed by atoms with Crippen LogP contribution in [0.1, 0.15) is 31.4 Å². The van der Waals surface area contributed by atoms with E-state index in [1.54, 1.807) is 18.9 Å². The fourth-order valence-corrected chi connectivity index (χ4v) is 3.81. The summed E-state index contributed by atoms with van der Waals surface area (Å²) in [5.74, 6) is -1.05. The molecular weight excluding hydrogens is 531 g/mol. The van der Waals surface area contributed by atoms with Crippen LogP contribution in [0.4, 0.5) is 18.3 Å². The lowest BCUT2D eigenvalue weighted by Crippen LogP contribution is -2.34. The topological polar surface area (TPSA) is 122 Å². The van der Waals surface area contributed by atoms with Gasteiger partial charge in [0.1, 0.15) is 11.8 Å². The zero-order valence-electron chi connectivity index (χ0n) is 17.4. The molecule has 2 heterocycles. The van der Waals surface area contributed by atoms with E-state index in [0.29, 0.717) is 27.6 Å². The van der Waals surface area contributed by atoms with E-state index in [4.69, 9.17) is 4.74 Å². The van der Waals surface area contributed by atoms with E-state index in [-0.39, 0.29) is 24.6 Å². The van der Waals surface area contributed by atoms with E-state index in [2.05, 4.69) is 41.5 Å². The summed E-state index contributed by atoms with van der Waals surface area (Å²) in [5.41, 5.74) is -0.783. The van der Waals surface area contributed by atoms with Gasteiger partial charge >= 0.3 is 6.18 Å². The van der Waals surface area contributed by atoms with Gasteiger partial charge in [-0.2, -0.15) is 18.0 Å². The smallest absolute Gasteiger partial charge is 0.416 e. The zero-order chi connectivity index (χ0) is 24.2. The summed E-state index contributed by atoms with van der Waals surface area (Å²) in [5, 5.41) is 31.7. The Hall–Kier alpha value is -2.81. The summed E-state index contributed by atoms with van der Waals surface area (Å²) in [6.07, 6.45) is -3.70. The van der Waals surface area contributed by atoms with Crippen molar-refractivity contribution in [3.8, 4) is 16.6 Å². The Labute approximate surface area is 198 Å². The van der Waals surface area contributed by atoms with Gasteiger partial charge in [-0.25, -0.2) is 0 Å². The van der Waals surface area contributed by atoms with Gasteiger partial charge in [-0.05, 0) is 52.2 Å². The van der Waals surface area contributed by atoms with Crippen LogP contribution in [0, 0.1) is 0 Å². The van der Waals surface area contributed by atoms with Crippen LogP contribution in [0.3, 0.4) is 0 Å². The maximum Gasteiger partial charge on any atom is 0.416 e. The molecule has 3 rings (SSSR count). The van der Waals surface area contributed by atoms with Gasteiger partial charge in [0.2, 0.25) is 11.0 Å². The number of anilines is 1. The van der Waals surface area contributed by atoms with Crippen molar-refractivity contribution in [2.24, 2.45) is 0 Å². The number of aliphatic carboxylic acids is 1. The van der Waals surface area contributed by atoms with Crippen molar-refractivity contribution in [3.63, 3.8) is 0 Å². The molecule has 15 heteroatoms. The van der Waals surface area contributed by atoms with Crippen LogP contribution in [0.15, 0.2) is 22.7 Å². The quantitative estimate of drug-likeness (QED) is 0.351. The van der Waals surface area contributed by atoms with Crippen LogP contribution in [0.5, 0.6) is 5.75 Å². The summed E-state index contributed by atoms with van der Waals surface area (Å²) in [4.78, 5) is 13.9. The first-order valence-electron chi connectivity index (χ1n) is 9.65. The first-order chi connectivity index (χ1) is 15.6. The van der Waals surface area contributed by atoms with E-state index in [0.717, 1.165) is 16.9 Å². The molecule has 33 heavy (non-hydrogen) atoms. The number of benzene rings is 1. The molecule has 1 atom stereocenters. The molecule has 0 saturated heterocycles. The molecular formula is C18H18BrF3N7O3S-. The van der Waals surface area contributed by atoms with Gasteiger partial charge in [0.15, 0.2) is 5.01 Å². The molecule has 0 aliphatic rings. The van der Waals surface area contributed by atoms with Crippen LogP contribution in [0.2, 0.25) is 0 Å². The number of nitrogens with zero attached hydrogens (tertiary/aromatic N) is 7. The average molecular weight is 549 g/mol. The van der Waals surface area contributed by atoms with Crippen LogP contribution in [0.25, 0.3) is 10.8 Å². The molecule has 0 amide bonds. The lowest BCUT2D eigenvalue weighted by molar-refractivity contribution is -0.311. The lowest BCUT2D eigenvalue weighted by atomic mass is 10.2. The number of carbonyl (C=O) groups excluding carboxylic acids is 1. The highest BCUT2D eigenvalue weighted by Crippen LogP contribution is 2.35.